The molecule has 0 unspecified atom stereocenters. The summed E-state index contributed by atoms with van der Waals surface area (Å²) in [5.74, 6) is -2.33. The molecule has 0 aliphatic heterocycles. The van der Waals surface area contributed by atoms with Gasteiger partial charge in [-0.25, -0.2) is 4.79 Å². The van der Waals surface area contributed by atoms with Crippen LogP contribution in [0.25, 0.3) is 0 Å². The van der Waals surface area contributed by atoms with Gasteiger partial charge in [0.2, 0.25) is 5.82 Å². The zero-order chi connectivity index (χ0) is 13.0. The molecule has 0 amide bonds. The van der Waals surface area contributed by atoms with E-state index in [9.17, 15) is 19.3 Å². The van der Waals surface area contributed by atoms with Crippen LogP contribution in [-0.2, 0) is 4.74 Å². The molecule has 7 heteroatoms. The van der Waals surface area contributed by atoms with E-state index in [1.54, 1.807) is 0 Å². The molecule has 17 heavy (non-hydrogen) atoms. The van der Waals surface area contributed by atoms with E-state index in [-0.39, 0.29) is 6.61 Å². The van der Waals surface area contributed by atoms with E-state index in [1.165, 1.54) is 13.0 Å². The largest absolute Gasteiger partial charge is 0.462 e. The fraction of sp³-hybridized carbons (Fsp3) is 0.200. The van der Waals surface area contributed by atoms with Gasteiger partial charge >= 0.3 is 11.7 Å². The van der Waals surface area contributed by atoms with E-state index in [0.29, 0.717) is 0 Å². The third-order valence-corrected chi connectivity index (χ3v) is 1.91. The fourth-order valence-corrected chi connectivity index (χ4v) is 1.20. The summed E-state index contributed by atoms with van der Waals surface area (Å²) in [4.78, 5) is 21.0. The molecule has 0 aliphatic carbocycles. The van der Waals surface area contributed by atoms with Crippen molar-refractivity contribution < 1.29 is 18.8 Å². The number of halogens is 1. The Balaban J connectivity index is 3.43. The molecular formula is C10H7FN2O4. The molecule has 0 aliphatic rings. The zero-order valence-electron chi connectivity index (χ0n) is 8.77. The number of hydrogen-bond acceptors (Lipinski definition) is 5. The lowest BCUT2D eigenvalue weighted by atomic mass is 10.1. The highest BCUT2D eigenvalue weighted by molar-refractivity contribution is 5.94. The minimum absolute atomic E-state index is 0.0115. The second-order valence-electron chi connectivity index (χ2n) is 2.91. The van der Waals surface area contributed by atoms with Crippen LogP contribution in [0.2, 0.25) is 0 Å². The zero-order valence-corrected chi connectivity index (χ0v) is 8.77. The average Bonchev–Trinajstić information content (AvgIpc) is 2.28. The topological polar surface area (TPSA) is 93.2 Å². The van der Waals surface area contributed by atoms with E-state index in [2.05, 4.69) is 4.74 Å². The van der Waals surface area contributed by atoms with E-state index < -0.39 is 33.5 Å². The summed E-state index contributed by atoms with van der Waals surface area (Å²) in [5, 5.41) is 19.2. The van der Waals surface area contributed by atoms with Gasteiger partial charge in [-0.3, -0.25) is 10.1 Å². The summed E-state index contributed by atoms with van der Waals surface area (Å²) >= 11 is 0. The van der Waals surface area contributed by atoms with Gasteiger partial charge in [-0.15, -0.1) is 0 Å². The summed E-state index contributed by atoms with van der Waals surface area (Å²) in [6, 6.07) is 3.45. The van der Waals surface area contributed by atoms with Crippen LogP contribution in [0.1, 0.15) is 22.8 Å². The standard InChI is InChI=1S/C10H7FN2O4/c1-2-17-10(14)7-4-3-6(5-12)8(11)9(7)13(15)16/h3-4H,2H2,1H3. The van der Waals surface area contributed by atoms with Gasteiger partial charge in [0.15, 0.2) is 0 Å². The Morgan fingerprint density at radius 1 is 1.65 bits per heavy atom. The summed E-state index contributed by atoms with van der Waals surface area (Å²) in [6.45, 7) is 1.53. The minimum atomic E-state index is -1.33. The average molecular weight is 238 g/mol. The van der Waals surface area contributed by atoms with Gasteiger partial charge in [-0.2, -0.15) is 9.65 Å². The molecule has 0 spiro atoms. The third kappa shape index (κ3) is 2.36. The Morgan fingerprint density at radius 3 is 2.76 bits per heavy atom. The molecule has 0 fully saturated rings. The summed E-state index contributed by atoms with van der Waals surface area (Å²) in [6.07, 6.45) is 0. The SMILES string of the molecule is CCOC(=O)c1ccc(C#N)c(F)c1[N+](=O)[O-]. The van der Waals surface area contributed by atoms with Crippen LogP contribution in [0.15, 0.2) is 12.1 Å². The van der Waals surface area contributed by atoms with Gasteiger partial charge in [-0.1, -0.05) is 0 Å². The van der Waals surface area contributed by atoms with Gasteiger partial charge < -0.3 is 4.74 Å². The maximum absolute atomic E-state index is 13.5. The third-order valence-electron chi connectivity index (χ3n) is 1.91. The van der Waals surface area contributed by atoms with Crippen molar-refractivity contribution in [2.45, 2.75) is 6.92 Å². The highest BCUT2D eigenvalue weighted by atomic mass is 19.1. The molecule has 0 bridgehead atoms. The number of nitriles is 1. The minimum Gasteiger partial charge on any atom is -0.462 e. The van der Waals surface area contributed by atoms with Crippen molar-refractivity contribution in [2.24, 2.45) is 0 Å². The number of rotatable bonds is 3. The van der Waals surface area contributed by atoms with Gasteiger partial charge in [0.1, 0.15) is 11.6 Å². The number of nitro groups is 1. The molecule has 0 atom stereocenters. The highest BCUT2D eigenvalue weighted by Crippen LogP contribution is 2.25. The predicted octanol–water partition coefficient (Wildman–Crippen LogP) is 1.78. The quantitative estimate of drug-likeness (QED) is 0.454. The van der Waals surface area contributed by atoms with Crippen molar-refractivity contribution in [1.29, 1.82) is 5.26 Å². The molecule has 0 heterocycles. The molecule has 0 saturated carbocycles. The number of carbonyl (C=O) groups excluding carboxylic acids is 1. The van der Waals surface area contributed by atoms with E-state index in [1.807, 2.05) is 0 Å². The van der Waals surface area contributed by atoms with Crippen LogP contribution in [0.3, 0.4) is 0 Å². The van der Waals surface area contributed by atoms with Crippen LogP contribution in [-0.4, -0.2) is 17.5 Å². The molecule has 6 nitrogen and oxygen atoms in total. The Hall–Kier alpha value is -2.49. The first-order valence-electron chi connectivity index (χ1n) is 4.57. The molecule has 0 aromatic heterocycles. The molecule has 1 aromatic rings. The van der Waals surface area contributed by atoms with Crippen molar-refractivity contribution >= 4 is 11.7 Å². The second kappa shape index (κ2) is 5.03. The van der Waals surface area contributed by atoms with Gasteiger partial charge in [-0.05, 0) is 19.1 Å². The molecule has 0 N–H and O–H groups in total. The lowest BCUT2D eigenvalue weighted by Crippen LogP contribution is -2.10. The summed E-state index contributed by atoms with van der Waals surface area (Å²) in [5.41, 5.74) is -2.04. The molecule has 88 valence electrons. The van der Waals surface area contributed by atoms with Crippen molar-refractivity contribution in [3.8, 4) is 6.07 Å². The Morgan fingerprint density at radius 2 is 2.29 bits per heavy atom. The molecular weight excluding hydrogens is 231 g/mol. The number of nitro benzene ring substituents is 1. The summed E-state index contributed by atoms with van der Waals surface area (Å²) in [7, 11) is 0. The normalized spacial score (nSPS) is 9.47. The van der Waals surface area contributed by atoms with E-state index in [4.69, 9.17) is 5.26 Å². The Labute approximate surface area is 95.4 Å². The Bertz CT molecular complexity index is 522. The number of nitrogens with zero attached hydrogens (tertiary/aromatic N) is 2. The van der Waals surface area contributed by atoms with Crippen LogP contribution >= 0.6 is 0 Å². The highest BCUT2D eigenvalue weighted by Gasteiger charge is 2.28. The van der Waals surface area contributed by atoms with Gasteiger partial charge in [0.25, 0.3) is 0 Å². The van der Waals surface area contributed by atoms with Crippen molar-refractivity contribution in [2.75, 3.05) is 6.61 Å². The number of carbonyl (C=O) groups is 1. The number of esters is 1. The first-order chi connectivity index (χ1) is 8.02. The summed E-state index contributed by atoms with van der Waals surface area (Å²) < 4.78 is 18.1. The van der Waals surface area contributed by atoms with Crippen LogP contribution in [0, 0.1) is 27.3 Å². The number of benzene rings is 1. The predicted molar refractivity (Wildman–Crippen MR) is 53.7 cm³/mol. The second-order valence-corrected chi connectivity index (χ2v) is 2.91. The first kappa shape index (κ1) is 12.6. The fourth-order valence-electron chi connectivity index (χ4n) is 1.20. The lowest BCUT2D eigenvalue weighted by molar-refractivity contribution is -0.387. The molecule has 1 aromatic carbocycles. The maximum atomic E-state index is 13.5. The molecule has 0 saturated heterocycles. The van der Waals surface area contributed by atoms with Crippen molar-refractivity contribution in [3.05, 3.63) is 39.2 Å². The first-order valence-corrected chi connectivity index (χ1v) is 4.57. The lowest BCUT2D eigenvalue weighted by Gasteiger charge is -2.04. The number of hydrogen-bond donors (Lipinski definition) is 0. The maximum Gasteiger partial charge on any atom is 0.345 e. The van der Waals surface area contributed by atoms with E-state index >= 15 is 0 Å². The number of ether oxygens (including phenoxy) is 1. The van der Waals surface area contributed by atoms with Crippen LogP contribution < -0.4 is 0 Å². The smallest absolute Gasteiger partial charge is 0.345 e. The Kier molecular flexibility index (Phi) is 3.72. The monoisotopic (exact) mass is 238 g/mol. The van der Waals surface area contributed by atoms with Crippen LogP contribution in [0.5, 0.6) is 0 Å². The van der Waals surface area contributed by atoms with Crippen LogP contribution in [0.4, 0.5) is 10.1 Å². The van der Waals surface area contributed by atoms with Crippen molar-refractivity contribution in [1.82, 2.24) is 0 Å². The molecule has 0 radical (unpaired) electrons. The molecule has 1 rings (SSSR count). The van der Waals surface area contributed by atoms with Gasteiger partial charge in [0, 0.05) is 0 Å². The van der Waals surface area contributed by atoms with E-state index in [0.717, 1.165) is 12.1 Å². The van der Waals surface area contributed by atoms with Gasteiger partial charge in [0.05, 0.1) is 17.1 Å². The van der Waals surface area contributed by atoms with Crippen molar-refractivity contribution in [3.63, 3.8) is 0 Å².